The maximum atomic E-state index is 11.6. The topological polar surface area (TPSA) is 98.3 Å². The summed E-state index contributed by atoms with van der Waals surface area (Å²) in [6.45, 7) is 2.39. The van der Waals surface area contributed by atoms with E-state index < -0.39 is 6.29 Å². The Kier molecular flexibility index (Phi) is 3.69. The summed E-state index contributed by atoms with van der Waals surface area (Å²) in [6, 6.07) is 7.04. The predicted octanol–water partition coefficient (Wildman–Crippen LogP) is 1.89. The van der Waals surface area contributed by atoms with Gasteiger partial charge in [0.15, 0.2) is 6.29 Å². The maximum absolute atomic E-state index is 11.6. The number of amides is 2. The second-order valence-corrected chi connectivity index (χ2v) is 4.89. The van der Waals surface area contributed by atoms with Crippen LogP contribution in [0.4, 0.5) is 16.2 Å². The lowest BCUT2D eigenvalue weighted by molar-refractivity contribution is 0.240. The number of hydrogen-bond acceptors (Lipinski definition) is 5. The van der Waals surface area contributed by atoms with Gasteiger partial charge >= 0.3 is 6.03 Å². The number of carbonyl (C=O) groups is 1. The molecule has 0 spiro atoms. The molecule has 0 bridgehead atoms. The zero-order valence-electron chi connectivity index (χ0n) is 12.1. The van der Waals surface area contributed by atoms with E-state index in [0.717, 1.165) is 16.8 Å². The number of nitrogens with one attached hydrogen (secondary N) is 4. The molecule has 3 rings (SSSR count). The SMILES string of the molecule is CCNC(=O)NC1Nc2cc(-c3cccnc3)cc(O)c2N1. The number of hydrogen-bond donors (Lipinski definition) is 5. The number of aromatic hydroxyl groups is 1. The fourth-order valence-corrected chi connectivity index (χ4v) is 2.34. The van der Waals surface area contributed by atoms with E-state index >= 15 is 0 Å². The summed E-state index contributed by atoms with van der Waals surface area (Å²) in [4.78, 5) is 15.6. The Hall–Kier alpha value is -2.96. The Bertz CT molecular complexity index is 690. The van der Waals surface area contributed by atoms with E-state index in [9.17, 15) is 9.90 Å². The van der Waals surface area contributed by atoms with E-state index in [-0.39, 0.29) is 11.8 Å². The fraction of sp³-hybridized carbons (Fsp3) is 0.200. The van der Waals surface area contributed by atoms with Gasteiger partial charge in [-0.25, -0.2) is 4.79 Å². The van der Waals surface area contributed by atoms with Crippen LogP contribution in [0.5, 0.6) is 5.75 Å². The molecule has 1 aliphatic heterocycles. The second kappa shape index (κ2) is 5.80. The fourth-order valence-electron chi connectivity index (χ4n) is 2.34. The highest BCUT2D eigenvalue weighted by Crippen LogP contribution is 2.40. The van der Waals surface area contributed by atoms with Crippen molar-refractivity contribution in [3.8, 4) is 16.9 Å². The molecule has 7 heteroatoms. The van der Waals surface area contributed by atoms with E-state index in [2.05, 4.69) is 26.3 Å². The Morgan fingerprint density at radius 2 is 2.23 bits per heavy atom. The number of pyridine rings is 1. The van der Waals surface area contributed by atoms with Crippen molar-refractivity contribution in [3.05, 3.63) is 36.7 Å². The minimum absolute atomic E-state index is 0.115. The lowest BCUT2D eigenvalue weighted by Gasteiger charge is -2.14. The van der Waals surface area contributed by atoms with Crippen molar-refractivity contribution in [3.63, 3.8) is 0 Å². The highest BCUT2D eigenvalue weighted by Gasteiger charge is 2.24. The highest BCUT2D eigenvalue weighted by molar-refractivity contribution is 5.87. The molecule has 1 aromatic heterocycles. The summed E-state index contributed by atoms with van der Waals surface area (Å²) in [5.74, 6) is 0.115. The van der Waals surface area contributed by atoms with Gasteiger partial charge in [0.1, 0.15) is 11.4 Å². The average molecular weight is 299 g/mol. The number of anilines is 2. The van der Waals surface area contributed by atoms with Gasteiger partial charge in [0.25, 0.3) is 0 Å². The molecule has 0 saturated carbocycles. The van der Waals surface area contributed by atoms with Crippen LogP contribution in [-0.4, -0.2) is 29.0 Å². The van der Waals surface area contributed by atoms with Crippen LogP contribution in [-0.2, 0) is 0 Å². The van der Waals surface area contributed by atoms with Crippen molar-refractivity contribution in [1.82, 2.24) is 15.6 Å². The molecule has 1 aromatic carbocycles. The van der Waals surface area contributed by atoms with Gasteiger partial charge in [0, 0.05) is 24.5 Å². The first-order chi connectivity index (χ1) is 10.7. The van der Waals surface area contributed by atoms with Gasteiger partial charge in [-0.05, 0) is 30.7 Å². The molecular formula is C15H17N5O2. The maximum Gasteiger partial charge on any atom is 0.317 e. The first-order valence-corrected chi connectivity index (χ1v) is 7.02. The molecule has 0 aliphatic carbocycles. The quantitative estimate of drug-likeness (QED) is 0.558. The van der Waals surface area contributed by atoms with Crippen LogP contribution in [0.2, 0.25) is 0 Å². The molecule has 1 atom stereocenters. The minimum atomic E-state index is -0.475. The molecule has 2 heterocycles. The van der Waals surface area contributed by atoms with Crippen LogP contribution in [0.3, 0.4) is 0 Å². The third kappa shape index (κ3) is 2.73. The molecular weight excluding hydrogens is 282 g/mol. The summed E-state index contributed by atoms with van der Waals surface area (Å²) in [5.41, 5.74) is 3.04. The Labute approximate surface area is 127 Å². The van der Waals surface area contributed by atoms with Gasteiger partial charge in [0.05, 0.1) is 5.69 Å². The number of phenolic OH excluding ortho intramolecular Hbond substituents is 1. The molecule has 0 radical (unpaired) electrons. The summed E-state index contributed by atoms with van der Waals surface area (Å²) < 4.78 is 0. The molecule has 114 valence electrons. The zero-order valence-corrected chi connectivity index (χ0v) is 12.1. The molecule has 1 aliphatic rings. The second-order valence-electron chi connectivity index (χ2n) is 4.89. The number of phenols is 1. The molecule has 2 aromatic rings. The van der Waals surface area contributed by atoms with Crippen LogP contribution in [0, 0.1) is 0 Å². The van der Waals surface area contributed by atoms with E-state index in [4.69, 9.17) is 0 Å². The van der Waals surface area contributed by atoms with E-state index in [1.807, 2.05) is 25.1 Å². The van der Waals surface area contributed by atoms with Crippen LogP contribution in [0.15, 0.2) is 36.7 Å². The third-order valence-electron chi connectivity index (χ3n) is 3.31. The first kappa shape index (κ1) is 14.0. The van der Waals surface area contributed by atoms with E-state index in [1.165, 1.54) is 0 Å². The van der Waals surface area contributed by atoms with Crippen LogP contribution >= 0.6 is 0 Å². The molecule has 2 amide bonds. The Morgan fingerprint density at radius 1 is 1.36 bits per heavy atom. The van der Waals surface area contributed by atoms with Crippen molar-refractivity contribution < 1.29 is 9.90 Å². The predicted molar refractivity (Wildman–Crippen MR) is 84.6 cm³/mol. The summed E-state index contributed by atoms with van der Waals surface area (Å²) >= 11 is 0. The number of aromatic nitrogens is 1. The van der Waals surface area contributed by atoms with Gasteiger partial charge in [0.2, 0.25) is 0 Å². The molecule has 22 heavy (non-hydrogen) atoms. The number of rotatable bonds is 3. The van der Waals surface area contributed by atoms with Gasteiger partial charge in [-0.15, -0.1) is 0 Å². The Balaban J connectivity index is 1.81. The molecule has 1 unspecified atom stereocenters. The lowest BCUT2D eigenvalue weighted by atomic mass is 10.1. The summed E-state index contributed by atoms with van der Waals surface area (Å²) in [7, 11) is 0. The van der Waals surface area contributed by atoms with E-state index in [0.29, 0.717) is 12.2 Å². The first-order valence-electron chi connectivity index (χ1n) is 7.02. The van der Waals surface area contributed by atoms with Crippen LogP contribution in [0.25, 0.3) is 11.1 Å². The molecule has 0 fully saturated rings. The van der Waals surface area contributed by atoms with Crippen LogP contribution in [0.1, 0.15) is 6.92 Å². The minimum Gasteiger partial charge on any atom is -0.506 e. The molecule has 7 nitrogen and oxygen atoms in total. The zero-order chi connectivity index (χ0) is 15.5. The van der Waals surface area contributed by atoms with Crippen LogP contribution < -0.4 is 21.3 Å². The van der Waals surface area contributed by atoms with Crippen molar-refractivity contribution in [1.29, 1.82) is 0 Å². The normalized spacial score (nSPS) is 15.4. The summed E-state index contributed by atoms with van der Waals surface area (Å²) in [6.07, 6.45) is 2.95. The number of benzene rings is 1. The monoisotopic (exact) mass is 299 g/mol. The molecule has 5 N–H and O–H groups in total. The largest absolute Gasteiger partial charge is 0.506 e. The summed E-state index contributed by atoms with van der Waals surface area (Å²) in [5, 5.41) is 21.7. The van der Waals surface area contributed by atoms with E-state index in [1.54, 1.807) is 18.5 Å². The highest BCUT2D eigenvalue weighted by atomic mass is 16.3. The van der Waals surface area contributed by atoms with Crippen molar-refractivity contribution in [2.24, 2.45) is 0 Å². The number of carbonyl (C=O) groups excluding carboxylic acids is 1. The number of nitrogens with zero attached hydrogens (tertiary/aromatic N) is 1. The number of fused-ring (bicyclic) bond motifs is 1. The van der Waals surface area contributed by atoms with Crippen molar-refractivity contribution >= 4 is 17.4 Å². The average Bonchev–Trinajstić information content (AvgIpc) is 2.91. The lowest BCUT2D eigenvalue weighted by Crippen LogP contribution is -2.47. The van der Waals surface area contributed by atoms with Gasteiger partial charge < -0.3 is 26.4 Å². The third-order valence-corrected chi connectivity index (χ3v) is 3.31. The van der Waals surface area contributed by atoms with Gasteiger partial charge in [-0.2, -0.15) is 0 Å². The van der Waals surface area contributed by atoms with Gasteiger partial charge in [-0.3, -0.25) is 4.98 Å². The van der Waals surface area contributed by atoms with Crippen molar-refractivity contribution in [2.45, 2.75) is 13.2 Å². The van der Waals surface area contributed by atoms with Crippen molar-refractivity contribution in [2.75, 3.05) is 17.2 Å². The molecule has 0 saturated heterocycles. The smallest absolute Gasteiger partial charge is 0.317 e. The standard InChI is InChI=1S/C15H17N5O2/c1-2-17-15(22)20-14-18-11-6-10(7-12(21)13(11)19-14)9-4-3-5-16-8-9/h3-8,14,18-19,21H,2H2,1H3,(H2,17,20,22). The van der Waals surface area contributed by atoms with Gasteiger partial charge in [-0.1, -0.05) is 6.07 Å². The number of urea groups is 1. The Morgan fingerprint density at radius 3 is 2.95 bits per heavy atom.